The van der Waals surface area contributed by atoms with Crippen molar-refractivity contribution in [1.29, 1.82) is 0 Å². The van der Waals surface area contributed by atoms with Gasteiger partial charge in [0.1, 0.15) is 12.4 Å². The second kappa shape index (κ2) is 9.57. The first kappa shape index (κ1) is 20.2. The first-order valence-electron chi connectivity index (χ1n) is 9.39. The molecule has 7 nitrogen and oxygen atoms in total. The molecule has 150 valence electrons. The van der Waals surface area contributed by atoms with Crippen LogP contribution in [0.15, 0.2) is 41.2 Å². The highest BCUT2D eigenvalue weighted by Crippen LogP contribution is 2.11. The highest BCUT2D eigenvalue weighted by atomic mass is 19.1. The first-order valence-corrected chi connectivity index (χ1v) is 9.39. The largest absolute Gasteiger partial charge is 0.379 e. The van der Waals surface area contributed by atoms with Gasteiger partial charge in [0, 0.05) is 44.4 Å². The molecule has 0 aliphatic carbocycles. The summed E-state index contributed by atoms with van der Waals surface area (Å²) in [7, 11) is 0. The molecule has 0 spiro atoms. The minimum atomic E-state index is -0.350. The van der Waals surface area contributed by atoms with Crippen LogP contribution < -0.4 is 5.56 Å². The smallest absolute Gasteiger partial charge is 0.267 e. The molecule has 0 atom stereocenters. The van der Waals surface area contributed by atoms with Gasteiger partial charge in [-0.05, 0) is 19.1 Å². The van der Waals surface area contributed by atoms with Crippen molar-refractivity contribution in [3.63, 3.8) is 0 Å². The van der Waals surface area contributed by atoms with Crippen molar-refractivity contribution in [3.8, 4) is 0 Å². The molecule has 1 aromatic heterocycles. The van der Waals surface area contributed by atoms with Crippen LogP contribution in [-0.2, 0) is 22.6 Å². The number of hydrogen-bond acceptors (Lipinski definition) is 5. The van der Waals surface area contributed by atoms with Crippen LogP contribution in [0, 0.1) is 12.7 Å². The molecule has 1 aromatic carbocycles. The minimum Gasteiger partial charge on any atom is -0.379 e. The van der Waals surface area contributed by atoms with Crippen LogP contribution in [0.2, 0.25) is 0 Å². The van der Waals surface area contributed by atoms with Crippen LogP contribution in [-0.4, -0.2) is 64.9 Å². The number of benzene rings is 1. The van der Waals surface area contributed by atoms with E-state index in [1.807, 2.05) is 0 Å². The van der Waals surface area contributed by atoms with Gasteiger partial charge in [-0.25, -0.2) is 9.07 Å². The third-order valence-corrected chi connectivity index (χ3v) is 4.75. The number of carbonyl (C=O) groups excluding carboxylic acids is 1. The number of nitrogens with zero attached hydrogens (tertiary/aromatic N) is 4. The van der Waals surface area contributed by atoms with Crippen molar-refractivity contribution in [1.82, 2.24) is 19.6 Å². The number of ether oxygens (including phenoxy) is 1. The number of carbonyl (C=O) groups is 1. The van der Waals surface area contributed by atoms with Crippen LogP contribution >= 0.6 is 0 Å². The summed E-state index contributed by atoms with van der Waals surface area (Å²) in [5, 5.41) is 4.13. The van der Waals surface area contributed by atoms with Gasteiger partial charge in [-0.1, -0.05) is 18.2 Å². The lowest BCUT2D eigenvalue weighted by molar-refractivity contribution is -0.133. The zero-order chi connectivity index (χ0) is 19.9. The molecule has 1 saturated heterocycles. The van der Waals surface area contributed by atoms with Crippen LogP contribution in [0.25, 0.3) is 0 Å². The normalized spacial score (nSPS) is 14.8. The average molecular weight is 388 g/mol. The number of hydrogen-bond donors (Lipinski definition) is 0. The molecule has 2 heterocycles. The van der Waals surface area contributed by atoms with Crippen LogP contribution in [0.3, 0.4) is 0 Å². The van der Waals surface area contributed by atoms with Gasteiger partial charge in [0.15, 0.2) is 0 Å². The van der Waals surface area contributed by atoms with Gasteiger partial charge in [0.2, 0.25) is 5.91 Å². The van der Waals surface area contributed by atoms with E-state index in [0.717, 1.165) is 17.8 Å². The molecule has 0 saturated carbocycles. The van der Waals surface area contributed by atoms with Crippen molar-refractivity contribution in [2.24, 2.45) is 0 Å². The summed E-state index contributed by atoms with van der Waals surface area (Å²) in [6.07, 6.45) is 0. The van der Waals surface area contributed by atoms with E-state index in [0.29, 0.717) is 37.6 Å². The van der Waals surface area contributed by atoms with E-state index in [4.69, 9.17) is 4.74 Å². The van der Waals surface area contributed by atoms with Crippen molar-refractivity contribution < 1.29 is 13.9 Å². The Bertz CT molecular complexity index is 865. The number of morpholine rings is 1. The fraction of sp³-hybridized carbons (Fsp3) is 0.450. The molecule has 1 amide bonds. The Morgan fingerprint density at radius 3 is 2.71 bits per heavy atom. The van der Waals surface area contributed by atoms with Gasteiger partial charge in [-0.3, -0.25) is 14.5 Å². The van der Waals surface area contributed by atoms with Gasteiger partial charge in [-0.15, -0.1) is 0 Å². The maximum absolute atomic E-state index is 14.1. The van der Waals surface area contributed by atoms with Gasteiger partial charge in [0.05, 0.1) is 18.9 Å². The quantitative estimate of drug-likeness (QED) is 0.709. The highest BCUT2D eigenvalue weighted by molar-refractivity contribution is 5.75. The van der Waals surface area contributed by atoms with E-state index in [-0.39, 0.29) is 30.4 Å². The fourth-order valence-electron chi connectivity index (χ4n) is 3.10. The highest BCUT2D eigenvalue weighted by Gasteiger charge is 2.19. The van der Waals surface area contributed by atoms with Crippen LogP contribution in [0.5, 0.6) is 0 Å². The van der Waals surface area contributed by atoms with Gasteiger partial charge < -0.3 is 9.64 Å². The monoisotopic (exact) mass is 388 g/mol. The van der Waals surface area contributed by atoms with E-state index in [1.54, 1.807) is 36.1 Å². The molecule has 2 aromatic rings. The number of amides is 1. The number of rotatable bonds is 7. The predicted octanol–water partition coefficient (Wildman–Crippen LogP) is 1.05. The molecule has 1 aliphatic rings. The SMILES string of the molecule is Cc1ccc(=O)n(CC(=O)N(CCN2CCOCC2)Cc2ccccc2F)n1. The molecule has 0 unspecified atom stereocenters. The molecule has 1 aliphatic heterocycles. The Balaban J connectivity index is 1.73. The van der Waals surface area contributed by atoms with Gasteiger partial charge in [0.25, 0.3) is 5.56 Å². The molecule has 0 radical (unpaired) electrons. The summed E-state index contributed by atoms with van der Waals surface area (Å²) in [5.74, 6) is -0.616. The summed E-state index contributed by atoms with van der Waals surface area (Å²) in [4.78, 5) is 28.7. The van der Waals surface area contributed by atoms with Crippen molar-refractivity contribution in [2.45, 2.75) is 20.0 Å². The Morgan fingerprint density at radius 2 is 1.96 bits per heavy atom. The van der Waals surface area contributed by atoms with Gasteiger partial charge >= 0.3 is 0 Å². The Morgan fingerprint density at radius 1 is 1.21 bits per heavy atom. The third-order valence-electron chi connectivity index (χ3n) is 4.75. The topological polar surface area (TPSA) is 67.7 Å². The Labute approximate surface area is 163 Å². The molecule has 8 heteroatoms. The molecular weight excluding hydrogens is 363 g/mol. The Kier molecular flexibility index (Phi) is 6.89. The van der Waals surface area contributed by atoms with E-state index < -0.39 is 0 Å². The maximum Gasteiger partial charge on any atom is 0.267 e. The summed E-state index contributed by atoms with van der Waals surface area (Å²) in [5.41, 5.74) is 0.765. The van der Waals surface area contributed by atoms with Crippen LogP contribution in [0.1, 0.15) is 11.3 Å². The summed E-state index contributed by atoms with van der Waals surface area (Å²) in [6.45, 7) is 5.80. The summed E-state index contributed by atoms with van der Waals surface area (Å²) >= 11 is 0. The molecule has 0 bridgehead atoms. The molecule has 0 N–H and O–H groups in total. The first-order chi connectivity index (χ1) is 13.5. The lowest BCUT2D eigenvalue weighted by Gasteiger charge is -2.30. The molecule has 3 rings (SSSR count). The third kappa shape index (κ3) is 5.46. The molecule has 28 heavy (non-hydrogen) atoms. The second-order valence-corrected chi connectivity index (χ2v) is 6.83. The van der Waals surface area contributed by atoms with Crippen LogP contribution in [0.4, 0.5) is 4.39 Å². The van der Waals surface area contributed by atoms with Crippen molar-refractivity contribution >= 4 is 5.91 Å². The standard InChI is InChI=1S/C20H25FN4O3/c1-16-6-7-19(26)25(22-16)15-20(27)24(9-8-23-10-12-28-13-11-23)14-17-4-2-3-5-18(17)21/h2-7H,8-15H2,1H3. The second-order valence-electron chi connectivity index (χ2n) is 6.83. The molecule has 1 fully saturated rings. The van der Waals surface area contributed by atoms with Crippen molar-refractivity contribution in [3.05, 3.63) is 63.8 Å². The minimum absolute atomic E-state index is 0.149. The zero-order valence-electron chi connectivity index (χ0n) is 16.0. The Hall–Kier alpha value is -2.58. The summed E-state index contributed by atoms with van der Waals surface area (Å²) in [6, 6.07) is 9.42. The fourth-order valence-corrected chi connectivity index (χ4v) is 3.10. The number of aryl methyl sites for hydroxylation is 1. The number of halogens is 1. The van der Waals surface area contributed by atoms with Crippen molar-refractivity contribution in [2.75, 3.05) is 39.4 Å². The molecular formula is C20H25FN4O3. The summed E-state index contributed by atoms with van der Waals surface area (Å²) < 4.78 is 20.6. The van der Waals surface area contributed by atoms with E-state index >= 15 is 0 Å². The van der Waals surface area contributed by atoms with Gasteiger partial charge in [-0.2, -0.15) is 5.10 Å². The lowest BCUT2D eigenvalue weighted by atomic mass is 10.2. The van der Waals surface area contributed by atoms with E-state index in [1.165, 1.54) is 12.1 Å². The zero-order valence-corrected chi connectivity index (χ0v) is 16.0. The average Bonchev–Trinajstić information content (AvgIpc) is 2.70. The van der Waals surface area contributed by atoms with E-state index in [2.05, 4.69) is 10.00 Å². The van der Waals surface area contributed by atoms with E-state index in [9.17, 15) is 14.0 Å². The number of aromatic nitrogens is 2. The lowest BCUT2D eigenvalue weighted by Crippen LogP contribution is -2.44. The predicted molar refractivity (Wildman–Crippen MR) is 102 cm³/mol. The maximum atomic E-state index is 14.1.